The molecule has 1 saturated heterocycles. The van der Waals surface area contributed by atoms with Gasteiger partial charge in [-0.05, 0) is 19.8 Å². The van der Waals surface area contributed by atoms with E-state index in [1.165, 1.54) is 12.8 Å². The fourth-order valence-electron chi connectivity index (χ4n) is 1.58. The second-order valence-corrected chi connectivity index (χ2v) is 4.22. The van der Waals surface area contributed by atoms with Crippen molar-refractivity contribution in [3.8, 4) is 0 Å². The number of aromatic nitrogens is 1. The van der Waals surface area contributed by atoms with Crippen LogP contribution >= 0.6 is 11.3 Å². The Morgan fingerprint density at radius 3 is 3.31 bits per heavy atom. The van der Waals surface area contributed by atoms with Crippen LogP contribution in [0.4, 0.5) is 5.13 Å². The van der Waals surface area contributed by atoms with Crippen molar-refractivity contribution < 1.29 is 4.74 Å². The Balaban J connectivity index is 1.87. The number of rotatable bonds is 3. The molecular formula is C9H14N2OS. The molecule has 13 heavy (non-hydrogen) atoms. The first-order valence-corrected chi connectivity index (χ1v) is 5.52. The zero-order valence-corrected chi connectivity index (χ0v) is 8.51. The van der Waals surface area contributed by atoms with E-state index in [9.17, 15) is 0 Å². The highest BCUT2D eigenvalue weighted by molar-refractivity contribution is 7.13. The first-order chi connectivity index (χ1) is 6.36. The summed E-state index contributed by atoms with van der Waals surface area (Å²) in [4.78, 5) is 4.18. The number of thiazole rings is 1. The molecule has 1 aliphatic rings. The lowest BCUT2D eigenvalue weighted by Gasteiger charge is -2.19. The van der Waals surface area contributed by atoms with E-state index in [1.807, 2.05) is 11.6 Å². The molecule has 1 aliphatic heterocycles. The van der Waals surface area contributed by atoms with Crippen molar-refractivity contribution in [2.24, 2.45) is 0 Å². The Morgan fingerprint density at radius 1 is 1.77 bits per heavy atom. The largest absolute Gasteiger partial charge is 0.376 e. The van der Waals surface area contributed by atoms with Gasteiger partial charge in [0.2, 0.25) is 0 Å². The zero-order chi connectivity index (χ0) is 9.10. The third kappa shape index (κ3) is 2.19. The van der Waals surface area contributed by atoms with Gasteiger partial charge < -0.3 is 10.1 Å². The molecule has 1 fully saturated rings. The number of hydrogen-bond acceptors (Lipinski definition) is 4. The molecule has 3 nitrogen and oxygen atoms in total. The van der Waals surface area contributed by atoms with Crippen LogP contribution in [-0.2, 0) is 4.74 Å². The average Bonchev–Trinajstić information content (AvgIpc) is 2.74. The lowest BCUT2D eigenvalue weighted by Crippen LogP contribution is -2.29. The molecule has 0 saturated carbocycles. The standard InChI is InChI=1S/C9H14N2OS/c1-7(8-3-2-5-12-8)11-9-10-4-6-13-9/h4,6-8H,2-3,5H2,1H3,(H,10,11). The predicted octanol–water partition coefficient (Wildman–Crippen LogP) is 2.12. The molecule has 1 N–H and O–H groups in total. The second-order valence-electron chi connectivity index (χ2n) is 3.32. The highest BCUT2D eigenvalue weighted by atomic mass is 32.1. The second kappa shape index (κ2) is 4.07. The minimum Gasteiger partial charge on any atom is -0.376 e. The molecule has 2 heterocycles. The number of anilines is 1. The molecule has 0 radical (unpaired) electrons. The average molecular weight is 198 g/mol. The predicted molar refractivity (Wildman–Crippen MR) is 54.2 cm³/mol. The van der Waals surface area contributed by atoms with Crippen molar-refractivity contribution in [3.63, 3.8) is 0 Å². The van der Waals surface area contributed by atoms with Crippen molar-refractivity contribution in [3.05, 3.63) is 11.6 Å². The summed E-state index contributed by atoms with van der Waals surface area (Å²) in [6.45, 7) is 3.06. The lowest BCUT2D eigenvalue weighted by molar-refractivity contribution is 0.0996. The van der Waals surface area contributed by atoms with Crippen LogP contribution in [0.15, 0.2) is 11.6 Å². The maximum Gasteiger partial charge on any atom is 0.182 e. The van der Waals surface area contributed by atoms with Crippen molar-refractivity contribution in [1.29, 1.82) is 0 Å². The maximum absolute atomic E-state index is 5.58. The van der Waals surface area contributed by atoms with Crippen molar-refractivity contribution >= 4 is 16.5 Å². The first kappa shape index (κ1) is 8.97. The Hall–Kier alpha value is -0.610. The molecule has 0 aromatic carbocycles. The van der Waals surface area contributed by atoms with Crippen LogP contribution in [0.1, 0.15) is 19.8 Å². The summed E-state index contributed by atoms with van der Waals surface area (Å²) in [5.41, 5.74) is 0. The van der Waals surface area contributed by atoms with E-state index in [0.29, 0.717) is 12.1 Å². The van der Waals surface area contributed by atoms with E-state index in [-0.39, 0.29) is 0 Å². The fraction of sp³-hybridized carbons (Fsp3) is 0.667. The van der Waals surface area contributed by atoms with Crippen LogP contribution < -0.4 is 5.32 Å². The summed E-state index contributed by atoms with van der Waals surface area (Å²) < 4.78 is 5.58. The van der Waals surface area contributed by atoms with E-state index in [4.69, 9.17) is 4.74 Å². The maximum atomic E-state index is 5.58. The first-order valence-electron chi connectivity index (χ1n) is 4.64. The van der Waals surface area contributed by atoms with E-state index >= 15 is 0 Å². The van der Waals surface area contributed by atoms with Crippen LogP contribution in [0.2, 0.25) is 0 Å². The molecule has 0 spiro atoms. The summed E-state index contributed by atoms with van der Waals surface area (Å²) in [5, 5.41) is 6.31. The van der Waals surface area contributed by atoms with Crippen molar-refractivity contribution in [2.45, 2.75) is 31.9 Å². The highest BCUT2D eigenvalue weighted by Gasteiger charge is 2.22. The Morgan fingerprint density at radius 2 is 2.69 bits per heavy atom. The van der Waals surface area contributed by atoms with Crippen LogP contribution in [-0.4, -0.2) is 23.7 Å². The van der Waals surface area contributed by atoms with E-state index < -0.39 is 0 Å². The van der Waals surface area contributed by atoms with Crippen LogP contribution in [0, 0.1) is 0 Å². The van der Waals surface area contributed by atoms with Gasteiger partial charge in [0.1, 0.15) is 0 Å². The third-order valence-electron chi connectivity index (χ3n) is 2.31. The molecule has 1 aromatic rings. The summed E-state index contributed by atoms with van der Waals surface area (Å²) in [5.74, 6) is 0. The fourth-order valence-corrected chi connectivity index (χ4v) is 2.21. The summed E-state index contributed by atoms with van der Waals surface area (Å²) in [6.07, 6.45) is 4.53. The molecule has 2 rings (SSSR count). The molecular weight excluding hydrogens is 184 g/mol. The normalized spacial score (nSPS) is 24.5. The number of nitrogens with one attached hydrogen (secondary N) is 1. The van der Waals surface area contributed by atoms with Gasteiger partial charge >= 0.3 is 0 Å². The molecule has 2 atom stereocenters. The highest BCUT2D eigenvalue weighted by Crippen LogP contribution is 2.19. The third-order valence-corrected chi connectivity index (χ3v) is 3.01. The summed E-state index contributed by atoms with van der Waals surface area (Å²) >= 11 is 1.63. The van der Waals surface area contributed by atoms with Gasteiger partial charge in [-0.1, -0.05) is 0 Å². The van der Waals surface area contributed by atoms with Gasteiger partial charge in [0.25, 0.3) is 0 Å². The SMILES string of the molecule is CC(Nc1nccs1)C1CCCO1. The van der Waals surface area contributed by atoms with Gasteiger partial charge in [0.05, 0.1) is 12.1 Å². The number of ether oxygens (including phenoxy) is 1. The smallest absolute Gasteiger partial charge is 0.182 e. The van der Waals surface area contributed by atoms with E-state index in [0.717, 1.165) is 11.7 Å². The van der Waals surface area contributed by atoms with E-state index in [2.05, 4.69) is 17.2 Å². The van der Waals surface area contributed by atoms with Crippen molar-refractivity contribution in [2.75, 3.05) is 11.9 Å². The van der Waals surface area contributed by atoms with Crippen LogP contribution in [0.25, 0.3) is 0 Å². The molecule has 4 heteroatoms. The van der Waals surface area contributed by atoms with Crippen LogP contribution in [0.3, 0.4) is 0 Å². The topological polar surface area (TPSA) is 34.2 Å². The van der Waals surface area contributed by atoms with Gasteiger partial charge in [-0.25, -0.2) is 4.98 Å². The van der Waals surface area contributed by atoms with Gasteiger partial charge in [-0.3, -0.25) is 0 Å². The minimum atomic E-state index is 0.365. The molecule has 0 bridgehead atoms. The summed E-state index contributed by atoms with van der Waals surface area (Å²) in [7, 11) is 0. The minimum absolute atomic E-state index is 0.365. The van der Waals surface area contributed by atoms with Gasteiger partial charge in [0.15, 0.2) is 5.13 Å². The van der Waals surface area contributed by atoms with Crippen molar-refractivity contribution in [1.82, 2.24) is 4.98 Å². The molecule has 72 valence electrons. The zero-order valence-electron chi connectivity index (χ0n) is 7.69. The summed E-state index contributed by atoms with van der Waals surface area (Å²) in [6, 6.07) is 0.369. The molecule has 0 aliphatic carbocycles. The lowest BCUT2D eigenvalue weighted by atomic mass is 10.1. The number of hydrogen-bond donors (Lipinski definition) is 1. The molecule has 2 unspecified atom stereocenters. The monoisotopic (exact) mass is 198 g/mol. The Kier molecular flexibility index (Phi) is 2.80. The Labute approximate surface area is 82.1 Å². The van der Waals surface area contributed by atoms with Gasteiger partial charge in [-0.2, -0.15) is 0 Å². The van der Waals surface area contributed by atoms with E-state index in [1.54, 1.807) is 11.3 Å². The quantitative estimate of drug-likeness (QED) is 0.807. The number of nitrogens with zero attached hydrogens (tertiary/aromatic N) is 1. The van der Waals surface area contributed by atoms with Gasteiger partial charge in [-0.15, -0.1) is 11.3 Å². The molecule has 1 aromatic heterocycles. The Bertz CT molecular complexity index is 244. The van der Waals surface area contributed by atoms with Crippen LogP contribution in [0.5, 0.6) is 0 Å². The van der Waals surface area contributed by atoms with Gasteiger partial charge in [0, 0.05) is 18.2 Å². The molecule has 0 amide bonds.